The van der Waals surface area contributed by atoms with E-state index in [0.717, 1.165) is 5.56 Å². The average molecular weight is 241 g/mol. The Bertz CT molecular complexity index is 365. The molecule has 2 N–H and O–H groups in total. The number of hydrogen-bond donors (Lipinski definition) is 1. The first-order valence-corrected chi connectivity index (χ1v) is 5.18. The van der Waals surface area contributed by atoms with Gasteiger partial charge in [-0.25, -0.2) is 5.90 Å². The normalized spacial score (nSPS) is 11.2. The van der Waals surface area contributed by atoms with Gasteiger partial charge in [0.25, 0.3) is 0 Å². The fourth-order valence-corrected chi connectivity index (χ4v) is 1.50. The Hall–Kier alpha value is -1.46. The summed E-state index contributed by atoms with van der Waals surface area (Å²) >= 11 is 0. The van der Waals surface area contributed by atoms with Gasteiger partial charge in [0.1, 0.15) is 5.60 Å². The zero-order valence-corrected chi connectivity index (χ0v) is 10.9. The number of methoxy groups -OCH3 is 3. The Morgan fingerprint density at radius 2 is 1.41 bits per heavy atom. The zero-order valence-electron chi connectivity index (χ0n) is 10.9. The Morgan fingerprint density at radius 3 is 1.71 bits per heavy atom. The first-order chi connectivity index (χ1) is 8.00. The van der Waals surface area contributed by atoms with Crippen molar-refractivity contribution in [3.8, 4) is 17.2 Å². The largest absolute Gasteiger partial charge is 0.493 e. The topological polar surface area (TPSA) is 62.9 Å². The van der Waals surface area contributed by atoms with E-state index in [-0.39, 0.29) is 0 Å². The smallest absolute Gasteiger partial charge is 0.203 e. The summed E-state index contributed by atoms with van der Waals surface area (Å²) in [5, 5.41) is 0. The first kappa shape index (κ1) is 13.6. The summed E-state index contributed by atoms with van der Waals surface area (Å²) < 4.78 is 15.8. The molecule has 0 aliphatic carbocycles. The number of rotatable bonds is 5. The summed E-state index contributed by atoms with van der Waals surface area (Å²) in [5.41, 5.74) is 0.210. The minimum absolute atomic E-state index is 0.548. The van der Waals surface area contributed by atoms with Gasteiger partial charge in [-0.05, 0) is 31.5 Å². The summed E-state index contributed by atoms with van der Waals surface area (Å²) in [6.45, 7) is 3.71. The van der Waals surface area contributed by atoms with Crippen molar-refractivity contribution < 1.29 is 19.0 Å². The monoisotopic (exact) mass is 241 g/mol. The summed E-state index contributed by atoms with van der Waals surface area (Å²) in [7, 11) is 4.69. The van der Waals surface area contributed by atoms with Crippen molar-refractivity contribution in [3.63, 3.8) is 0 Å². The fraction of sp³-hybridized carbons (Fsp3) is 0.500. The fourth-order valence-electron chi connectivity index (χ4n) is 1.50. The first-order valence-electron chi connectivity index (χ1n) is 5.18. The van der Waals surface area contributed by atoms with Crippen molar-refractivity contribution in [2.24, 2.45) is 5.90 Å². The maximum atomic E-state index is 5.28. The molecule has 17 heavy (non-hydrogen) atoms. The van der Waals surface area contributed by atoms with Crippen LogP contribution < -0.4 is 20.1 Å². The summed E-state index contributed by atoms with van der Waals surface area (Å²) in [5.74, 6) is 6.98. The maximum absolute atomic E-state index is 5.28. The van der Waals surface area contributed by atoms with Gasteiger partial charge < -0.3 is 14.2 Å². The third-order valence-electron chi connectivity index (χ3n) is 2.65. The quantitative estimate of drug-likeness (QED) is 0.797. The van der Waals surface area contributed by atoms with Crippen LogP contribution in [-0.2, 0) is 10.4 Å². The third-order valence-corrected chi connectivity index (χ3v) is 2.65. The van der Waals surface area contributed by atoms with Crippen molar-refractivity contribution in [2.75, 3.05) is 21.3 Å². The van der Waals surface area contributed by atoms with Gasteiger partial charge in [0.2, 0.25) is 5.75 Å². The lowest BCUT2D eigenvalue weighted by atomic mass is 9.97. The van der Waals surface area contributed by atoms with Crippen LogP contribution in [0.2, 0.25) is 0 Å². The lowest BCUT2D eigenvalue weighted by Gasteiger charge is -2.24. The van der Waals surface area contributed by atoms with Gasteiger partial charge in [-0.3, -0.25) is 4.84 Å². The molecule has 0 bridgehead atoms. The molecule has 0 unspecified atom stereocenters. The van der Waals surface area contributed by atoms with Crippen LogP contribution in [0.4, 0.5) is 0 Å². The molecule has 0 saturated carbocycles. The SMILES string of the molecule is COc1cc(C(C)(C)ON)cc(OC)c1OC. The zero-order chi connectivity index (χ0) is 13.1. The number of benzene rings is 1. The maximum Gasteiger partial charge on any atom is 0.203 e. The van der Waals surface area contributed by atoms with E-state index in [9.17, 15) is 0 Å². The highest BCUT2D eigenvalue weighted by Gasteiger charge is 2.25. The van der Waals surface area contributed by atoms with Gasteiger partial charge >= 0.3 is 0 Å². The lowest BCUT2D eigenvalue weighted by Crippen LogP contribution is -2.25. The molecule has 0 spiro atoms. The van der Waals surface area contributed by atoms with Crippen molar-refractivity contribution >= 4 is 0 Å². The predicted molar refractivity (Wildman–Crippen MR) is 64.4 cm³/mol. The van der Waals surface area contributed by atoms with E-state index >= 15 is 0 Å². The Morgan fingerprint density at radius 1 is 0.941 bits per heavy atom. The molecule has 5 nitrogen and oxygen atoms in total. The van der Waals surface area contributed by atoms with Gasteiger partial charge in [0, 0.05) is 0 Å². The van der Waals surface area contributed by atoms with Crippen LogP contribution in [-0.4, -0.2) is 21.3 Å². The molecule has 0 heterocycles. The number of nitrogens with two attached hydrogens (primary N) is 1. The van der Waals surface area contributed by atoms with Crippen molar-refractivity contribution in [2.45, 2.75) is 19.4 Å². The van der Waals surface area contributed by atoms with Gasteiger partial charge in [-0.15, -0.1) is 0 Å². The standard InChI is InChI=1S/C12H19NO4/c1-12(2,17-13)8-6-9(14-3)11(16-5)10(7-8)15-4/h6-7H,13H2,1-5H3. The summed E-state index contributed by atoms with van der Waals surface area (Å²) in [4.78, 5) is 4.94. The molecule has 96 valence electrons. The van der Waals surface area contributed by atoms with Crippen LogP contribution in [0.5, 0.6) is 17.2 Å². The third kappa shape index (κ3) is 2.62. The lowest BCUT2D eigenvalue weighted by molar-refractivity contribution is -0.0239. The Kier molecular flexibility index (Phi) is 4.20. The molecule has 0 aliphatic heterocycles. The molecule has 5 heteroatoms. The van der Waals surface area contributed by atoms with E-state index in [0.29, 0.717) is 17.2 Å². The van der Waals surface area contributed by atoms with E-state index in [1.165, 1.54) is 0 Å². The van der Waals surface area contributed by atoms with Crippen molar-refractivity contribution in [3.05, 3.63) is 17.7 Å². The van der Waals surface area contributed by atoms with E-state index in [1.54, 1.807) is 21.3 Å². The second-order valence-corrected chi connectivity index (χ2v) is 4.04. The van der Waals surface area contributed by atoms with E-state index in [1.807, 2.05) is 26.0 Å². The molecule has 0 fully saturated rings. The second-order valence-electron chi connectivity index (χ2n) is 4.04. The van der Waals surface area contributed by atoms with Gasteiger partial charge in [0.05, 0.1) is 21.3 Å². The van der Waals surface area contributed by atoms with E-state index < -0.39 is 5.60 Å². The minimum Gasteiger partial charge on any atom is -0.493 e. The molecule has 0 aromatic heterocycles. The van der Waals surface area contributed by atoms with Crippen LogP contribution in [0.25, 0.3) is 0 Å². The molecule has 1 aromatic rings. The molecule has 0 atom stereocenters. The Labute approximate surface area is 101 Å². The van der Waals surface area contributed by atoms with Crippen molar-refractivity contribution in [1.29, 1.82) is 0 Å². The molecule has 0 aliphatic rings. The molecule has 0 radical (unpaired) electrons. The van der Waals surface area contributed by atoms with Crippen LogP contribution >= 0.6 is 0 Å². The Balaban J connectivity index is 3.37. The van der Waals surface area contributed by atoms with Crippen LogP contribution in [0.1, 0.15) is 19.4 Å². The highest BCUT2D eigenvalue weighted by Crippen LogP contribution is 2.41. The van der Waals surface area contributed by atoms with Gasteiger partial charge in [-0.1, -0.05) is 0 Å². The highest BCUT2D eigenvalue weighted by molar-refractivity contribution is 5.54. The highest BCUT2D eigenvalue weighted by atomic mass is 16.6. The van der Waals surface area contributed by atoms with Crippen LogP contribution in [0.15, 0.2) is 12.1 Å². The van der Waals surface area contributed by atoms with E-state index in [2.05, 4.69) is 0 Å². The van der Waals surface area contributed by atoms with Crippen LogP contribution in [0.3, 0.4) is 0 Å². The molecule has 1 rings (SSSR count). The molecular formula is C12H19NO4. The minimum atomic E-state index is -0.632. The second kappa shape index (κ2) is 5.25. The average Bonchev–Trinajstić information content (AvgIpc) is 2.36. The molecule has 1 aromatic carbocycles. The molecule has 0 amide bonds. The molecular weight excluding hydrogens is 222 g/mol. The summed E-state index contributed by atoms with van der Waals surface area (Å²) in [6, 6.07) is 3.63. The number of hydrogen-bond acceptors (Lipinski definition) is 5. The summed E-state index contributed by atoms with van der Waals surface area (Å²) in [6.07, 6.45) is 0. The van der Waals surface area contributed by atoms with Crippen LogP contribution in [0, 0.1) is 0 Å². The predicted octanol–water partition coefficient (Wildman–Crippen LogP) is 1.84. The van der Waals surface area contributed by atoms with Gasteiger partial charge in [-0.2, -0.15) is 0 Å². The van der Waals surface area contributed by atoms with Crippen molar-refractivity contribution in [1.82, 2.24) is 0 Å². The van der Waals surface area contributed by atoms with Gasteiger partial charge in [0.15, 0.2) is 11.5 Å². The van der Waals surface area contributed by atoms with E-state index in [4.69, 9.17) is 24.9 Å². The molecule has 0 saturated heterocycles. The number of ether oxygens (including phenoxy) is 3.